The number of likely N-dealkylation sites (tertiary alicyclic amines) is 1. The van der Waals surface area contributed by atoms with Crippen LogP contribution in [0.25, 0.3) is 6.08 Å². The number of nitrogens with one attached hydrogen (secondary N) is 1. The summed E-state index contributed by atoms with van der Waals surface area (Å²) in [6.07, 6.45) is 5.64. The maximum absolute atomic E-state index is 14.1. The Hall–Kier alpha value is -4.02. The molecule has 162 valence electrons. The molecule has 0 spiro atoms. The third kappa shape index (κ3) is 5.75. The van der Waals surface area contributed by atoms with Crippen molar-refractivity contribution >= 4 is 23.8 Å². The summed E-state index contributed by atoms with van der Waals surface area (Å²) in [5.41, 5.74) is 0.0173. The molecule has 2 amide bonds. The number of non-ortho nitro benzene ring substituents is 1. The number of nitrogens with zero attached hydrogens (tertiary/aromatic N) is 3. The van der Waals surface area contributed by atoms with Gasteiger partial charge in [0.1, 0.15) is 5.75 Å². The van der Waals surface area contributed by atoms with Gasteiger partial charge in [0.15, 0.2) is 11.6 Å². The molecular weight excluding hydrogens is 411 g/mol. The van der Waals surface area contributed by atoms with Gasteiger partial charge in [0.25, 0.3) is 5.69 Å². The number of carbonyl (C=O) groups excluding carboxylic acids is 1. The lowest BCUT2D eigenvalue weighted by Gasteiger charge is -2.31. The van der Waals surface area contributed by atoms with E-state index < -0.39 is 22.5 Å². The molecular formula is C20H19FN4O6. The van der Waals surface area contributed by atoms with Crippen molar-refractivity contribution in [3.05, 3.63) is 64.2 Å². The van der Waals surface area contributed by atoms with Crippen molar-refractivity contribution < 1.29 is 28.7 Å². The Kier molecular flexibility index (Phi) is 6.75. The van der Waals surface area contributed by atoms with E-state index in [1.165, 1.54) is 30.6 Å². The molecule has 2 aromatic rings. The first-order chi connectivity index (χ1) is 14.8. The predicted molar refractivity (Wildman–Crippen MR) is 107 cm³/mol. The van der Waals surface area contributed by atoms with Crippen LogP contribution in [-0.4, -0.2) is 51.0 Å². The number of ether oxygens (including phenoxy) is 1. The minimum absolute atomic E-state index is 0.180. The first kappa shape index (κ1) is 21.7. The summed E-state index contributed by atoms with van der Waals surface area (Å²) in [4.78, 5) is 38.7. The Morgan fingerprint density at radius 1 is 1.29 bits per heavy atom. The number of piperidine rings is 1. The number of hydrogen-bond donors (Lipinski definition) is 2. The predicted octanol–water partition coefficient (Wildman–Crippen LogP) is 3.19. The molecule has 31 heavy (non-hydrogen) atoms. The zero-order valence-corrected chi connectivity index (χ0v) is 16.2. The number of nitro groups is 1. The third-order valence-electron chi connectivity index (χ3n) is 4.70. The molecule has 1 saturated heterocycles. The van der Waals surface area contributed by atoms with Crippen molar-refractivity contribution in [3.8, 4) is 11.5 Å². The van der Waals surface area contributed by atoms with Crippen molar-refractivity contribution in [2.45, 2.75) is 18.9 Å². The molecule has 2 heterocycles. The second-order valence-corrected chi connectivity index (χ2v) is 6.77. The molecule has 0 radical (unpaired) electrons. The van der Waals surface area contributed by atoms with Gasteiger partial charge in [0.05, 0.1) is 11.0 Å². The molecule has 0 bridgehead atoms. The molecule has 1 aromatic heterocycles. The van der Waals surface area contributed by atoms with Crippen LogP contribution in [-0.2, 0) is 4.79 Å². The maximum Gasteiger partial charge on any atom is 0.404 e. The standard InChI is InChI=1S/C20H19FN4O6/c21-16-11-15(25(29)30)2-3-18(16)31-17-5-8-22-12-13(17)1-4-19(26)24-9-6-14(7-10-24)23-20(27)28/h1-5,8,11-12,14,23H,6-7,9-10H2,(H,27,28). The zero-order chi connectivity index (χ0) is 22.4. The van der Waals surface area contributed by atoms with Crippen molar-refractivity contribution in [3.63, 3.8) is 0 Å². The van der Waals surface area contributed by atoms with E-state index in [9.17, 15) is 24.1 Å². The zero-order valence-electron chi connectivity index (χ0n) is 16.2. The lowest BCUT2D eigenvalue weighted by atomic mass is 10.1. The van der Waals surface area contributed by atoms with Crippen LogP contribution >= 0.6 is 0 Å². The summed E-state index contributed by atoms with van der Waals surface area (Å²) in [7, 11) is 0. The van der Waals surface area contributed by atoms with Gasteiger partial charge >= 0.3 is 6.09 Å². The van der Waals surface area contributed by atoms with E-state index in [0.29, 0.717) is 31.5 Å². The molecule has 1 aromatic carbocycles. The smallest absolute Gasteiger partial charge is 0.404 e. The van der Waals surface area contributed by atoms with Crippen molar-refractivity contribution in [2.24, 2.45) is 0 Å². The molecule has 10 nitrogen and oxygen atoms in total. The molecule has 1 fully saturated rings. The Morgan fingerprint density at radius 2 is 2.03 bits per heavy atom. The Morgan fingerprint density at radius 3 is 2.68 bits per heavy atom. The van der Waals surface area contributed by atoms with Gasteiger partial charge in [-0.25, -0.2) is 9.18 Å². The highest BCUT2D eigenvalue weighted by atomic mass is 19.1. The van der Waals surface area contributed by atoms with Crippen LogP contribution in [0.1, 0.15) is 18.4 Å². The second-order valence-electron chi connectivity index (χ2n) is 6.77. The summed E-state index contributed by atoms with van der Waals surface area (Å²) in [6.45, 7) is 0.830. The third-order valence-corrected chi connectivity index (χ3v) is 4.70. The van der Waals surface area contributed by atoms with Gasteiger partial charge in [0.2, 0.25) is 5.91 Å². The summed E-state index contributed by atoms with van der Waals surface area (Å²) in [5.74, 6) is -1.14. The van der Waals surface area contributed by atoms with Gasteiger partial charge in [-0.2, -0.15) is 0 Å². The molecule has 0 saturated carbocycles. The maximum atomic E-state index is 14.1. The number of rotatable bonds is 6. The Labute approximate surface area is 176 Å². The van der Waals surface area contributed by atoms with E-state index in [-0.39, 0.29) is 23.4 Å². The Balaban J connectivity index is 1.67. The van der Waals surface area contributed by atoms with E-state index in [1.54, 1.807) is 4.90 Å². The van der Waals surface area contributed by atoms with Gasteiger partial charge in [0, 0.05) is 49.2 Å². The van der Waals surface area contributed by atoms with E-state index in [1.807, 2.05) is 0 Å². The fourth-order valence-corrected chi connectivity index (χ4v) is 3.10. The lowest BCUT2D eigenvalue weighted by molar-refractivity contribution is -0.385. The van der Waals surface area contributed by atoms with Crippen molar-refractivity contribution in [2.75, 3.05) is 13.1 Å². The van der Waals surface area contributed by atoms with E-state index in [4.69, 9.17) is 9.84 Å². The van der Waals surface area contributed by atoms with Crippen LogP contribution in [0.4, 0.5) is 14.9 Å². The van der Waals surface area contributed by atoms with Crippen molar-refractivity contribution in [1.82, 2.24) is 15.2 Å². The summed E-state index contributed by atoms with van der Waals surface area (Å²) >= 11 is 0. The van der Waals surface area contributed by atoms with E-state index >= 15 is 0 Å². The normalized spacial score (nSPS) is 14.4. The highest BCUT2D eigenvalue weighted by molar-refractivity contribution is 5.92. The molecule has 0 atom stereocenters. The highest BCUT2D eigenvalue weighted by Crippen LogP contribution is 2.29. The number of halogens is 1. The van der Waals surface area contributed by atoms with E-state index in [2.05, 4.69) is 10.3 Å². The minimum atomic E-state index is -1.08. The number of benzene rings is 1. The van der Waals surface area contributed by atoms with Crippen LogP contribution in [0.2, 0.25) is 0 Å². The summed E-state index contributed by atoms with van der Waals surface area (Å²) in [6, 6.07) is 4.34. The minimum Gasteiger partial charge on any atom is -0.465 e. The molecule has 0 unspecified atom stereocenters. The summed E-state index contributed by atoms with van der Waals surface area (Å²) in [5, 5.41) is 21.9. The van der Waals surface area contributed by atoms with E-state index in [0.717, 1.165) is 18.2 Å². The monoisotopic (exact) mass is 430 g/mol. The fraction of sp³-hybridized carbons (Fsp3) is 0.250. The number of pyridine rings is 1. The highest BCUT2D eigenvalue weighted by Gasteiger charge is 2.22. The number of amides is 2. The largest absolute Gasteiger partial charge is 0.465 e. The van der Waals surface area contributed by atoms with Crippen LogP contribution in [0, 0.1) is 15.9 Å². The number of hydrogen-bond acceptors (Lipinski definition) is 6. The number of carbonyl (C=O) groups is 2. The van der Waals surface area contributed by atoms with Gasteiger partial charge in [-0.05, 0) is 31.1 Å². The average Bonchev–Trinajstić information content (AvgIpc) is 2.74. The molecule has 1 aliphatic rings. The fourth-order valence-electron chi connectivity index (χ4n) is 3.10. The topological polar surface area (TPSA) is 135 Å². The van der Waals surface area contributed by atoms with Crippen LogP contribution < -0.4 is 10.1 Å². The number of carboxylic acid groups (broad SMARTS) is 1. The van der Waals surface area contributed by atoms with Gasteiger partial charge in [-0.3, -0.25) is 19.9 Å². The molecule has 11 heteroatoms. The van der Waals surface area contributed by atoms with Gasteiger partial charge in [-0.15, -0.1) is 0 Å². The summed E-state index contributed by atoms with van der Waals surface area (Å²) < 4.78 is 19.7. The number of aromatic nitrogens is 1. The lowest BCUT2D eigenvalue weighted by Crippen LogP contribution is -2.45. The average molecular weight is 430 g/mol. The second kappa shape index (κ2) is 9.65. The first-order valence-electron chi connectivity index (χ1n) is 9.35. The molecule has 2 N–H and O–H groups in total. The van der Waals surface area contributed by atoms with Gasteiger partial charge in [-0.1, -0.05) is 0 Å². The molecule has 1 aliphatic heterocycles. The molecule has 0 aliphatic carbocycles. The Bertz CT molecular complexity index is 1020. The molecule has 3 rings (SSSR count). The first-order valence-corrected chi connectivity index (χ1v) is 9.35. The quantitative estimate of drug-likeness (QED) is 0.408. The SMILES string of the molecule is O=C(O)NC1CCN(C(=O)C=Cc2cnccc2Oc2ccc([N+](=O)[O-])cc2F)CC1. The van der Waals surface area contributed by atoms with Crippen molar-refractivity contribution in [1.29, 1.82) is 0 Å². The van der Waals surface area contributed by atoms with Crippen LogP contribution in [0.5, 0.6) is 11.5 Å². The van der Waals surface area contributed by atoms with Gasteiger partial charge < -0.3 is 20.1 Å². The van der Waals surface area contributed by atoms with Crippen LogP contribution in [0.3, 0.4) is 0 Å². The van der Waals surface area contributed by atoms with Crippen LogP contribution in [0.15, 0.2) is 42.7 Å². The number of nitro benzene ring substituents is 1.